The van der Waals surface area contributed by atoms with Gasteiger partial charge in [-0.1, -0.05) is 0 Å². The second kappa shape index (κ2) is 7.63. The van der Waals surface area contributed by atoms with E-state index in [0.717, 1.165) is 0 Å². The number of hydrogen-bond donors (Lipinski definition) is 1. The van der Waals surface area contributed by atoms with E-state index in [1.54, 1.807) is 4.90 Å². The van der Waals surface area contributed by atoms with Crippen LogP contribution in [0.2, 0.25) is 0 Å². The molecule has 1 saturated heterocycles. The van der Waals surface area contributed by atoms with E-state index in [4.69, 9.17) is 0 Å². The van der Waals surface area contributed by atoms with Crippen molar-refractivity contribution in [2.24, 2.45) is 11.8 Å². The number of rotatable bonds is 5. The molecule has 2 aliphatic rings. The molecule has 25 heavy (non-hydrogen) atoms. The second-order valence-corrected chi connectivity index (χ2v) is 7.13. The predicted molar refractivity (Wildman–Crippen MR) is 88.5 cm³/mol. The molecule has 2 heterocycles. The maximum Gasteiger partial charge on any atom is 0.272 e. The van der Waals surface area contributed by atoms with Gasteiger partial charge in [0.05, 0.1) is 0 Å². The van der Waals surface area contributed by atoms with Crippen LogP contribution in [0.3, 0.4) is 0 Å². The highest BCUT2D eigenvalue weighted by Gasteiger charge is 2.45. The zero-order valence-electron chi connectivity index (χ0n) is 13.8. The van der Waals surface area contributed by atoms with Crippen molar-refractivity contribution in [1.29, 1.82) is 0 Å². The van der Waals surface area contributed by atoms with E-state index in [2.05, 4.69) is 15.3 Å². The normalized spacial score (nSPS) is 25.8. The topological polar surface area (TPSA) is 75.2 Å². The van der Waals surface area contributed by atoms with E-state index >= 15 is 0 Å². The molecule has 1 N–H and O–H groups in total. The van der Waals surface area contributed by atoms with E-state index in [1.807, 2.05) is 6.26 Å². The summed E-state index contributed by atoms with van der Waals surface area (Å²) in [5.74, 6) is -1.93. The molecular formula is C16H20F2N4O2S. The highest BCUT2D eigenvalue weighted by atomic mass is 32.2. The van der Waals surface area contributed by atoms with Crippen LogP contribution in [0.15, 0.2) is 17.4 Å². The first kappa shape index (κ1) is 18.0. The number of aromatic nitrogens is 2. The molecule has 9 heteroatoms. The lowest BCUT2D eigenvalue weighted by molar-refractivity contribution is -0.145. The van der Waals surface area contributed by atoms with Crippen molar-refractivity contribution in [3.05, 3.63) is 18.1 Å². The molecule has 0 radical (unpaired) electrons. The molecule has 0 bridgehead atoms. The molecule has 0 spiro atoms. The fourth-order valence-corrected chi connectivity index (χ4v) is 3.84. The van der Waals surface area contributed by atoms with Crippen molar-refractivity contribution < 1.29 is 18.4 Å². The van der Waals surface area contributed by atoms with E-state index in [1.165, 1.54) is 24.2 Å². The van der Waals surface area contributed by atoms with Crippen LogP contribution in [0.5, 0.6) is 0 Å². The molecule has 2 amide bonds. The third-order valence-electron chi connectivity index (χ3n) is 4.88. The summed E-state index contributed by atoms with van der Waals surface area (Å²) in [7, 11) is 0. The third-order valence-corrected chi connectivity index (χ3v) is 5.56. The molecule has 1 aliphatic heterocycles. The van der Waals surface area contributed by atoms with Crippen molar-refractivity contribution in [2.75, 3.05) is 19.3 Å². The van der Waals surface area contributed by atoms with Gasteiger partial charge in [-0.3, -0.25) is 9.59 Å². The lowest BCUT2D eigenvalue weighted by Gasteiger charge is -2.37. The molecule has 136 valence electrons. The van der Waals surface area contributed by atoms with Crippen LogP contribution in [0, 0.1) is 11.8 Å². The van der Waals surface area contributed by atoms with Gasteiger partial charge in [0.1, 0.15) is 5.03 Å². The molecule has 0 aromatic carbocycles. The number of thioether (sulfide) groups is 1. The minimum atomic E-state index is -2.44. The van der Waals surface area contributed by atoms with Gasteiger partial charge in [-0.15, -0.1) is 11.8 Å². The molecule has 1 aliphatic carbocycles. The molecule has 1 aromatic rings. The van der Waals surface area contributed by atoms with Gasteiger partial charge < -0.3 is 10.2 Å². The summed E-state index contributed by atoms with van der Waals surface area (Å²) < 4.78 is 25.7. The first-order chi connectivity index (χ1) is 12.0. The van der Waals surface area contributed by atoms with E-state index in [0.29, 0.717) is 37.4 Å². The van der Waals surface area contributed by atoms with Gasteiger partial charge in [-0.25, -0.2) is 18.7 Å². The maximum absolute atomic E-state index is 12.8. The second-order valence-electron chi connectivity index (χ2n) is 6.34. The number of carbonyl (C=O) groups excluding carboxylic acids is 2. The summed E-state index contributed by atoms with van der Waals surface area (Å²) in [6.45, 7) is 0.831. The Balaban J connectivity index is 1.56. The Morgan fingerprint density at radius 1 is 1.28 bits per heavy atom. The number of carbonyl (C=O) groups is 2. The molecule has 1 unspecified atom stereocenters. The van der Waals surface area contributed by atoms with Crippen LogP contribution in [-0.2, 0) is 4.79 Å². The molecule has 1 saturated carbocycles. The zero-order valence-corrected chi connectivity index (χ0v) is 14.6. The van der Waals surface area contributed by atoms with Crippen LogP contribution < -0.4 is 5.32 Å². The van der Waals surface area contributed by atoms with Gasteiger partial charge >= 0.3 is 0 Å². The summed E-state index contributed by atoms with van der Waals surface area (Å²) in [6.07, 6.45) is 3.90. The first-order valence-electron chi connectivity index (χ1n) is 8.24. The first-order valence-corrected chi connectivity index (χ1v) is 9.46. The van der Waals surface area contributed by atoms with Gasteiger partial charge in [-0.05, 0) is 25.5 Å². The number of likely N-dealkylation sites (tertiary alicyclic amines) is 1. The Morgan fingerprint density at radius 2 is 2.04 bits per heavy atom. The Labute approximate surface area is 148 Å². The minimum absolute atomic E-state index is 0.196. The Morgan fingerprint density at radius 3 is 2.68 bits per heavy atom. The summed E-state index contributed by atoms with van der Waals surface area (Å²) in [5, 5.41) is 3.41. The Hall–Kier alpha value is -1.77. The number of hydrogen-bond acceptors (Lipinski definition) is 5. The monoisotopic (exact) mass is 370 g/mol. The molecular weight excluding hydrogens is 350 g/mol. The highest BCUT2D eigenvalue weighted by Crippen LogP contribution is 2.40. The number of amides is 2. The predicted octanol–water partition coefficient (Wildman–Crippen LogP) is 1.82. The fourth-order valence-electron chi connectivity index (χ4n) is 3.33. The molecule has 3 rings (SSSR count). The summed E-state index contributed by atoms with van der Waals surface area (Å²) in [4.78, 5) is 34.5. The zero-order chi connectivity index (χ0) is 18.0. The van der Waals surface area contributed by atoms with Gasteiger partial charge in [-0.2, -0.15) is 0 Å². The summed E-state index contributed by atoms with van der Waals surface area (Å²) in [5.41, 5.74) is 0.261. The Bertz CT molecular complexity index is 661. The van der Waals surface area contributed by atoms with Crippen molar-refractivity contribution >= 4 is 23.6 Å². The van der Waals surface area contributed by atoms with Gasteiger partial charge in [0.25, 0.3) is 5.91 Å². The van der Waals surface area contributed by atoms with Crippen LogP contribution in [-0.4, -0.2) is 58.5 Å². The van der Waals surface area contributed by atoms with E-state index in [-0.39, 0.29) is 23.6 Å². The van der Waals surface area contributed by atoms with Crippen LogP contribution >= 0.6 is 11.8 Å². The van der Waals surface area contributed by atoms with Gasteiger partial charge in [0, 0.05) is 43.4 Å². The van der Waals surface area contributed by atoms with Gasteiger partial charge in [0.2, 0.25) is 12.3 Å². The van der Waals surface area contributed by atoms with Crippen LogP contribution in [0.25, 0.3) is 0 Å². The average molecular weight is 370 g/mol. The van der Waals surface area contributed by atoms with Crippen molar-refractivity contribution in [2.45, 2.75) is 36.8 Å². The molecule has 3 atom stereocenters. The quantitative estimate of drug-likeness (QED) is 0.801. The molecule has 6 nitrogen and oxygen atoms in total. The standard InChI is InChI=1S/C16H20F2N4O2S/c1-25-15-12(19-5-6-20-15)14(23)21-9-4-7-22(8-9)16(24)11-3-2-10(11)13(17)18/h5-6,9-11,13H,2-4,7-8H2,1H3,(H,21,23)/t9?,10-,11-/m1/s1. The van der Waals surface area contributed by atoms with E-state index in [9.17, 15) is 18.4 Å². The Kier molecular flexibility index (Phi) is 5.51. The molecule has 2 fully saturated rings. The lowest BCUT2D eigenvalue weighted by Crippen LogP contribution is -2.46. The van der Waals surface area contributed by atoms with Gasteiger partial charge in [0.15, 0.2) is 5.69 Å². The van der Waals surface area contributed by atoms with Crippen molar-refractivity contribution in [1.82, 2.24) is 20.2 Å². The smallest absolute Gasteiger partial charge is 0.272 e. The van der Waals surface area contributed by atoms with E-state index < -0.39 is 18.3 Å². The number of halogens is 2. The summed E-state index contributed by atoms with van der Waals surface area (Å²) in [6, 6.07) is -0.196. The fraction of sp³-hybridized carbons (Fsp3) is 0.625. The molecule has 1 aromatic heterocycles. The average Bonchev–Trinajstić information content (AvgIpc) is 3.01. The lowest BCUT2D eigenvalue weighted by atomic mass is 9.73. The van der Waals surface area contributed by atoms with Crippen LogP contribution in [0.1, 0.15) is 29.8 Å². The maximum atomic E-state index is 12.8. The largest absolute Gasteiger partial charge is 0.346 e. The number of nitrogens with zero attached hydrogens (tertiary/aromatic N) is 3. The minimum Gasteiger partial charge on any atom is -0.346 e. The van der Waals surface area contributed by atoms with Crippen molar-refractivity contribution in [3.63, 3.8) is 0 Å². The third kappa shape index (κ3) is 3.75. The van der Waals surface area contributed by atoms with Crippen molar-refractivity contribution in [3.8, 4) is 0 Å². The summed E-state index contributed by atoms with van der Waals surface area (Å²) >= 11 is 1.33. The highest BCUT2D eigenvalue weighted by molar-refractivity contribution is 7.98. The SMILES string of the molecule is CSc1nccnc1C(=O)NC1CCN(C(=O)[C@@H]2CC[C@H]2C(F)F)C1. The number of nitrogens with one attached hydrogen (secondary N) is 1. The number of alkyl halides is 2. The van der Waals surface area contributed by atoms with Crippen LogP contribution in [0.4, 0.5) is 8.78 Å².